The van der Waals surface area contributed by atoms with Crippen LogP contribution in [0.15, 0.2) is 21.5 Å². The van der Waals surface area contributed by atoms with E-state index in [4.69, 9.17) is 18.9 Å². The highest BCUT2D eigenvalue weighted by Crippen LogP contribution is 2.25. The SMILES string of the molecule is CCNC(=NCC(c1ccc(C)o1)N1CCOCC1)N1CCC(COC)C1. The summed E-state index contributed by atoms with van der Waals surface area (Å²) in [6, 6.07) is 4.27. The van der Waals surface area contributed by atoms with Crippen LogP contribution in [0.2, 0.25) is 0 Å². The number of morpholine rings is 1. The number of hydrogen-bond donors (Lipinski definition) is 1. The average molecular weight is 379 g/mol. The molecule has 2 fully saturated rings. The maximum atomic E-state index is 5.96. The van der Waals surface area contributed by atoms with Crippen LogP contribution < -0.4 is 5.32 Å². The molecule has 0 amide bonds. The number of aryl methyl sites for hydroxylation is 1. The van der Waals surface area contributed by atoms with Crippen molar-refractivity contribution in [2.75, 3.05) is 66.2 Å². The molecular formula is C20H34N4O3. The zero-order valence-corrected chi connectivity index (χ0v) is 16.9. The monoisotopic (exact) mass is 378 g/mol. The van der Waals surface area contributed by atoms with Crippen LogP contribution >= 0.6 is 0 Å². The Morgan fingerprint density at radius 2 is 2.15 bits per heavy atom. The topological polar surface area (TPSA) is 62.5 Å². The Morgan fingerprint density at radius 1 is 1.33 bits per heavy atom. The molecule has 1 aromatic heterocycles. The fourth-order valence-corrected chi connectivity index (χ4v) is 3.90. The Balaban J connectivity index is 1.72. The lowest BCUT2D eigenvalue weighted by molar-refractivity contribution is 0.0135. The van der Waals surface area contributed by atoms with Gasteiger partial charge in [-0.05, 0) is 32.4 Å². The Bertz CT molecular complexity index is 598. The van der Waals surface area contributed by atoms with Crippen molar-refractivity contribution in [1.82, 2.24) is 15.1 Å². The van der Waals surface area contributed by atoms with Crippen LogP contribution in [0.5, 0.6) is 0 Å². The molecule has 0 radical (unpaired) electrons. The molecule has 1 N–H and O–H groups in total. The minimum absolute atomic E-state index is 0.147. The van der Waals surface area contributed by atoms with Gasteiger partial charge in [-0.2, -0.15) is 0 Å². The quantitative estimate of drug-likeness (QED) is 0.578. The molecule has 7 heteroatoms. The van der Waals surface area contributed by atoms with Gasteiger partial charge in [0.25, 0.3) is 0 Å². The van der Waals surface area contributed by atoms with E-state index >= 15 is 0 Å². The molecule has 0 bridgehead atoms. The summed E-state index contributed by atoms with van der Waals surface area (Å²) in [5, 5.41) is 3.46. The van der Waals surface area contributed by atoms with Crippen LogP contribution in [0.4, 0.5) is 0 Å². The second kappa shape index (κ2) is 10.1. The van der Waals surface area contributed by atoms with Crippen molar-refractivity contribution in [2.45, 2.75) is 26.3 Å². The summed E-state index contributed by atoms with van der Waals surface area (Å²) in [5.74, 6) is 3.52. The van der Waals surface area contributed by atoms with Crippen molar-refractivity contribution in [1.29, 1.82) is 0 Å². The number of furan rings is 1. The molecular weight excluding hydrogens is 344 g/mol. The Kier molecular flexibility index (Phi) is 7.55. The lowest BCUT2D eigenvalue weighted by atomic mass is 10.1. The zero-order valence-electron chi connectivity index (χ0n) is 16.9. The van der Waals surface area contributed by atoms with E-state index in [1.54, 1.807) is 7.11 Å². The predicted molar refractivity (Wildman–Crippen MR) is 106 cm³/mol. The number of guanidine groups is 1. The number of aliphatic imine (C=N–C) groups is 1. The van der Waals surface area contributed by atoms with Gasteiger partial charge in [0.15, 0.2) is 5.96 Å². The molecule has 152 valence electrons. The van der Waals surface area contributed by atoms with Crippen LogP contribution in [-0.4, -0.2) is 82.0 Å². The third-order valence-electron chi connectivity index (χ3n) is 5.31. The van der Waals surface area contributed by atoms with Gasteiger partial charge in [0.1, 0.15) is 11.5 Å². The summed E-state index contributed by atoms with van der Waals surface area (Å²) in [4.78, 5) is 9.78. The second-order valence-electron chi connectivity index (χ2n) is 7.36. The van der Waals surface area contributed by atoms with E-state index in [0.29, 0.717) is 12.5 Å². The first-order valence-electron chi connectivity index (χ1n) is 10.1. The van der Waals surface area contributed by atoms with Gasteiger partial charge < -0.3 is 24.1 Å². The number of hydrogen-bond acceptors (Lipinski definition) is 5. The molecule has 2 saturated heterocycles. The summed E-state index contributed by atoms with van der Waals surface area (Å²) >= 11 is 0. The van der Waals surface area contributed by atoms with Gasteiger partial charge in [-0.3, -0.25) is 9.89 Å². The van der Waals surface area contributed by atoms with Crippen LogP contribution in [0.25, 0.3) is 0 Å². The van der Waals surface area contributed by atoms with Gasteiger partial charge in [0, 0.05) is 45.8 Å². The number of nitrogens with zero attached hydrogens (tertiary/aromatic N) is 3. The van der Waals surface area contributed by atoms with E-state index in [-0.39, 0.29) is 6.04 Å². The van der Waals surface area contributed by atoms with Crippen LogP contribution in [-0.2, 0) is 9.47 Å². The molecule has 2 atom stereocenters. The van der Waals surface area contributed by atoms with E-state index in [1.807, 2.05) is 13.0 Å². The summed E-state index contributed by atoms with van der Waals surface area (Å²) in [6.07, 6.45) is 1.16. The highest BCUT2D eigenvalue weighted by atomic mass is 16.5. The molecule has 2 aliphatic rings. The fourth-order valence-electron chi connectivity index (χ4n) is 3.90. The largest absolute Gasteiger partial charge is 0.465 e. The number of nitrogens with one attached hydrogen (secondary N) is 1. The van der Waals surface area contributed by atoms with Crippen molar-refractivity contribution in [3.05, 3.63) is 23.7 Å². The van der Waals surface area contributed by atoms with Crippen molar-refractivity contribution in [3.8, 4) is 0 Å². The predicted octanol–water partition coefficient (Wildman–Crippen LogP) is 1.90. The first-order chi connectivity index (χ1) is 13.2. The van der Waals surface area contributed by atoms with Crippen LogP contribution in [0.1, 0.15) is 30.9 Å². The van der Waals surface area contributed by atoms with E-state index in [2.05, 4.69) is 28.1 Å². The minimum Gasteiger partial charge on any atom is -0.465 e. The standard InChI is InChI=1S/C20H34N4O3/c1-4-21-20(24-8-7-17(14-24)15-25-3)22-13-18(19-6-5-16(2)27-19)23-9-11-26-12-10-23/h5-6,17-18H,4,7-15H2,1-3H3,(H,21,22). The molecule has 27 heavy (non-hydrogen) atoms. The average Bonchev–Trinajstić information content (AvgIpc) is 3.32. The van der Waals surface area contributed by atoms with Crippen molar-refractivity contribution in [3.63, 3.8) is 0 Å². The molecule has 1 aromatic rings. The molecule has 2 aliphatic heterocycles. The first-order valence-corrected chi connectivity index (χ1v) is 10.1. The minimum atomic E-state index is 0.147. The maximum Gasteiger partial charge on any atom is 0.193 e. The summed E-state index contributed by atoms with van der Waals surface area (Å²) in [6.45, 7) is 11.9. The summed E-state index contributed by atoms with van der Waals surface area (Å²) < 4.78 is 16.8. The van der Waals surface area contributed by atoms with E-state index < -0.39 is 0 Å². The number of methoxy groups -OCH3 is 1. The van der Waals surface area contributed by atoms with Crippen LogP contribution in [0.3, 0.4) is 0 Å². The number of ether oxygens (including phenoxy) is 2. The van der Waals surface area contributed by atoms with E-state index in [9.17, 15) is 0 Å². The lowest BCUT2D eigenvalue weighted by Crippen LogP contribution is -2.42. The summed E-state index contributed by atoms with van der Waals surface area (Å²) in [7, 11) is 1.78. The Morgan fingerprint density at radius 3 is 2.81 bits per heavy atom. The van der Waals surface area contributed by atoms with Gasteiger partial charge in [0.05, 0.1) is 32.4 Å². The fraction of sp³-hybridized carbons (Fsp3) is 0.750. The zero-order chi connectivity index (χ0) is 19.1. The molecule has 0 saturated carbocycles. The lowest BCUT2D eigenvalue weighted by Gasteiger charge is -2.33. The third kappa shape index (κ3) is 5.46. The molecule has 0 spiro atoms. The Labute approximate surface area is 162 Å². The van der Waals surface area contributed by atoms with Gasteiger partial charge in [-0.25, -0.2) is 0 Å². The van der Waals surface area contributed by atoms with E-state index in [1.165, 1.54) is 0 Å². The molecule has 0 aliphatic carbocycles. The summed E-state index contributed by atoms with van der Waals surface area (Å²) in [5.41, 5.74) is 0. The van der Waals surface area contributed by atoms with Crippen LogP contribution in [0, 0.1) is 12.8 Å². The first kappa shape index (κ1) is 20.2. The molecule has 2 unspecified atom stereocenters. The highest BCUT2D eigenvalue weighted by Gasteiger charge is 2.27. The smallest absolute Gasteiger partial charge is 0.193 e. The van der Waals surface area contributed by atoms with Gasteiger partial charge >= 0.3 is 0 Å². The molecule has 0 aromatic carbocycles. The third-order valence-corrected chi connectivity index (χ3v) is 5.31. The van der Waals surface area contributed by atoms with Gasteiger partial charge in [0.2, 0.25) is 0 Å². The molecule has 3 heterocycles. The highest BCUT2D eigenvalue weighted by molar-refractivity contribution is 5.80. The number of rotatable bonds is 7. The van der Waals surface area contributed by atoms with Crippen molar-refractivity contribution >= 4 is 5.96 Å². The molecule has 7 nitrogen and oxygen atoms in total. The molecule has 3 rings (SSSR count). The van der Waals surface area contributed by atoms with Gasteiger partial charge in [-0.15, -0.1) is 0 Å². The normalized spacial score (nSPS) is 23.0. The Hall–Kier alpha value is -1.57. The van der Waals surface area contributed by atoms with E-state index in [0.717, 1.165) is 76.4 Å². The maximum absolute atomic E-state index is 5.96. The van der Waals surface area contributed by atoms with Crippen molar-refractivity contribution in [2.24, 2.45) is 10.9 Å². The van der Waals surface area contributed by atoms with Crippen molar-refractivity contribution < 1.29 is 13.9 Å². The number of likely N-dealkylation sites (tertiary alicyclic amines) is 1. The second-order valence-corrected chi connectivity index (χ2v) is 7.36. The van der Waals surface area contributed by atoms with Gasteiger partial charge in [-0.1, -0.05) is 0 Å².